The number of rotatable bonds is 6. The molecule has 0 aliphatic carbocycles. The van der Waals surface area contributed by atoms with Gasteiger partial charge in [-0.3, -0.25) is 9.69 Å². The number of piperidine rings is 1. The molecule has 1 aliphatic rings. The molecule has 2 aromatic heterocycles. The van der Waals surface area contributed by atoms with Crippen LogP contribution in [0.2, 0.25) is 5.02 Å². The summed E-state index contributed by atoms with van der Waals surface area (Å²) in [5.74, 6) is -0.582. The lowest BCUT2D eigenvalue weighted by Gasteiger charge is -2.32. The van der Waals surface area contributed by atoms with Crippen LogP contribution in [0, 0.1) is 5.82 Å². The minimum Gasteiger partial charge on any atom is -0.382 e. The molecule has 3 amide bonds. The molecule has 3 N–H and O–H groups in total. The van der Waals surface area contributed by atoms with Crippen molar-refractivity contribution < 1.29 is 27.2 Å². The number of benzene rings is 2. The predicted octanol–water partition coefficient (Wildman–Crippen LogP) is 5.73. The molecule has 238 valence electrons. The van der Waals surface area contributed by atoms with E-state index in [2.05, 4.69) is 15.4 Å². The van der Waals surface area contributed by atoms with E-state index in [0.29, 0.717) is 54.5 Å². The van der Waals surface area contributed by atoms with Crippen molar-refractivity contribution in [2.24, 2.45) is 0 Å². The highest BCUT2D eigenvalue weighted by Gasteiger charge is 2.32. The molecular formula is C30H31ClF4N8O2. The van der Waals surface area contributed by atoms with Gasteiger partial charge in [0.1, 0.15) is 17.7 Å². The minimum atomic E-state index is -4.71. The number of likely N-dealkylation sites (N-methyl/N-ethyl adjacent to an activating group) is 1. The minimum absolute atomic E-state index is 0.0825. The lowest BCUT2D eigenvalue weighted by Crippen LogP contribution is -2.42. The molecule has 0 saturated carbocycles. The number of nitrogens with two attached hydrogens (primary N) is 1. The zero-order valence-electron chi connectivity index (χ0n) is 24.7. The first-order chi connectivity index (χ1) is 21.2. The van der Waals surface area contributed by atoms with E-state index in [-0.39, 0.29) is 28.4 Å². The molecule has 45 heavy (non-hydrogen) atoms. The van der Waals surface area contributed by atoms with Gasteiger partial charge in [-0.05, 0) is 68.9 Å². The van der Waals surface area contributed by atoms with E-state index in [1.807, 2.05) is 30.0 Å². The molecule has 0 atom stereocenters. The molecule has 0 bridgehead atoms. The molecule has 1 aliphatic heterocycles. The molecule has 4 aromatic rings. The molecule has 5 rings (SSSR count). The number of nitrogen functional groups attached to an aromatic ring is 1. The van der Waals surface area contributed by atoms with E-state index < -0.39 is 29.3 Å². The van der Waals surface area contributed by atoms with Crippen LogP contribution in [-0.4, -0.2) is 77.1 Å². The average Bonchev–Trinajstić information content (AvgIpc) is 3.38. The van der Waals surface area contributed by atoms with Gasteiger partial charge in [0.05, 0.1) is 28.5 Å². The number of hydrogen-bond donors (Lipinski definition) is 2. The van der Waals surface area contributed by atoms with Crippen LogP contribution in [0.4, 0.5) is 39.5 Å². The van der Waals surface area contributed by atoms with Crippen molar-refractivity contribution in [2.45, 2.75) is 24.9 Å². The maximum atomic E-state index is 14.2. The Bertz CT molecular complexity index is 1750. The highest BCUT2D eigenvalue weighted by atomic mass is 35.5. The van der Waals surface area contributed by atoms with Crippen molar-refractivity contribution in [3.63, 3.8) is 0 Å². The summed E-state index contributed by atoms with van der Waals surface area (Å²) in [7, 11) is 5.07. The summed E-state index contributed by atoms with van der Waals surface area (Å²) in [6, 6.07) is 7.74. The van der Waals surface area contributed by atoms with E-state index in [9.17, 15) is 27.2 Å². The number of anilines is 3. The Morgan fingerprint density at radius 1 is 1.09 bits per heavy atom. The second-order valence-electron chi connectivity index (χ2n) is 11.1. The Balaban J connectivity index is 1.39. The number of aromatic nitrogens is 3. The summed E-state index contributed by atoms with van der Waals surface area (Å²) in [5, 5.41) is 6.79. The van der Waals surface area contributed by atoms with Crippen molar-refractivity contribution in [3.8, 4) is 11.1 Å². The zero-order chi connectivity index (χ0) is 32.6. The first-order valence-electron chi connectivity index (χ1n) is 14.0. The quantitative estimate of drug-likeness (QED) is 0.259. The van der Waals surface area contributed by atoms with Gasteiger partial charge in [-0.2, -0.15) is 18.3 Å². The van der Waals surface area contributed by atoms with Crippen LogP contribution in [0.25, 0.3) is 16.6 Å². The Kier molecular flexibility index (Phi) is 8.90. The third-order valence-electron chi connectivity index (χ3n) is 7.79. The molecule has 1 fully saturated rings. The average molecular weight is 647 g/mol. The smallest absolute Gasteiger partial charge is 0.382 e. The maximum Gasteiger partial charge on any atom is 0.416 e. The van der Waals surface area contributed by atoms with Crippen LogP contribution in [0.5, 0.6) is 0 Å². The van der Waals surface area contributed by atoms with Gasteiger partial charge >= 0.3 is 12.2 Å². The van der Waals surface area contributed by atoms with E-state index in [1.165, 1.54) is 13.4 Å². The van der Waals surface area contributed by atoms with Crippen LogP contribution in [0.3, 0.4) is 0 Å². The summed E-state index contributed by atoms with van der Waals surface area (Å²) in [4.78, 5) is 34.4. The summed E-state index contributed by atoms with van der Waals surface area (Å²) in [6.45, 7) is 1.57. The number of carbonyl (C=O) groups excluding carboxylic acids is 2. The van der Waals surface area contributed by atoms with Gasteiger partial charge in [-0.15, -0.1) is 0 Å². The number of carbonyl (C=O) groups is 2. The van der Waals surface area contributed by atoms with Gasteiger partial charge in [0.2, 0.25) is 5.91 Å². The molecule has 0 spiro atoms. The number of fused-ring (bicyclic) bond motifs is 1. The Hall–Kier alpha value is -4.43. The molecule has 0 radical (unpaired) electrons. The number of hydrogen-bond acceptors (Lipinski definition) is 6. The predicted molar refractivity (Wildman–Crippen MR) is 164 cm³/mol. The summed E-state index contributed by atoms with van der Waals surface area (Å²) < 4.78 is 55.3. The number of amides is 3. The molecule has 3 heterocycles. The number of urea groups is 1. The lowest BCUT2D eigenvalue weighted by molar-refractivity contribution is -0.137. The van der Waals surface area contributed by atoms with Gasteiger partial charge in [0.25, 0.3) is 0 Å². The van der Waals surface area contributed by atoms with E-state index in [1.54, 1.807) is 22.7 Å². The number of alkyl halides is 3. The van der Waals surface area contributed by atoms with Crippen LogP contribution >= 0.6 is 11.6 Å². The molecular weight excluding hydrogens is 616 g/mol. The van der Waals surface area contributed by atoms with Gasteiger partial charge in [0, 0.05) is 37.3 Å². The fourth-order valence-electron chi connectivity index (χ4n) is 5.45. The van der Waals surface area contributed by atoms with Gasteiger partial charge < -0.3 is 20.9 Å². The fourth-order valence-corrected chi connectivity index (χ4v) is 5.76. The second kappa shape index (κ2) is 12.5. The van der Waals surface area contributed by atoms with E-state index in [0.717, 1.165) is 23.4 Å². The SMILES string of the molecule is CN(C)CC(=O)N1CCC(c2cc(-c3ccc(N(C)C(=O)Nc4cc(C(F)(F)F)ccc4F)c(Cl)c3)c3c(N)ncnn23)CC1. The van der Waals surface area contributed by atoms with Gasteiger partial charge in [0.15, 0.2) is 5.82 Å². The van der Waals surface area contributed by atoms with Gasteiger partial charge in [-0.1, -0.05) is 17.7 Å². The number of likely N-dealkylation sites (tertiary alicyclic amines) is 1. The highest BCUT2D eigenvalue weighted by molar-refractivity contribution is 6.34. The third kappa shape index (κ3) is 6.66. The van der Waals surface area contributed by atoms with Crippen LogP contribution in [0.1, 0.15) is 30.0 Å². The Morgan fingerprint density at radius 3 is 2.44 bits per heavy atom. The van der Waals surface area contributed by atoms with Crippen LogP contribution in [-0.2, 0) is 11.0 Å². The lowest BCUT2D eigenvalue weighted by atomic mass is 9.93. The standard InChI is InChI=1S/C30H31ClF4N8O2/c1-40(2)15-26(44)42-10-8-17(9-11-42)25-14-20(27-28(36)37-16-38-43(25)27)18-4-7-24(21(31)12-18)41(3)29(45)39-23-13-19(30(33,34)35)5-6-22(23)32/h4-7,12-14,16-17H,8-11,15H2,1-3H3,(H,39,45)(H2,36,37,38). The second-order valence-corrected chi connectivity index (χ2v) is 11.5. The van der Waals surface area contributed by atoms with Crippen LogP contribution < -0.4 is 16.0 Å². The van der Waals surface area contributed by atoms with Crippen molar-refractivity contribution >= 4 is 46.2 Å². The summed E-state index contributed by atoms with van der Waals surface area (Å²) >= 11 is 6.61. The zero-order valence-corrected chi connectivity index (χ0v) is 25.5. The topological polar surface area (TPSA) is 112 Å². The molecule has 10 nitrogen and oxygen atoms in total. The first-order valence-corrected chi connectivity index (χ1v) is 14.4. The molecule has 15 heteroatoms. The Labute approximate surface area is 261 Å². The van der Waals surface area contributed by atoms with Crippen molar-refractivity contribution in [1.82, 2.24) is 24.4 Å². The van der Waals surface area contributed by atoms with Crippen molar-refractivity contribution in [1.29, 1.82) is 0 Å². The summed E-state index contributed by atoms with van der Waals surface area (Å²) in [6.07, 6.45) is -1.86. The highest BCUT2D eigenvalue weighted by Crippen LogP contribution is 2.39. The number of nitrogens with one attached hydrogen (secondary N) is 1. The van der Waals surface area contributed by atoms with E-state index in [4.69, 9.17) is 17.3 Å². The Morgan fingerprint density at radius 2 is 1.80 bits per heavy atom. The summed E-state index contributed by atoms with van der Waals surface area (Å²) in [5.41, 5.74) is 7.66. The normalized spacial score (nSPS) is 14.3. The monoisotopic (exact) mass is 646 g/mol. The van der Waals surface area contributed by atoms with E-state index >= 15 is 0 Å². The van der Waals surface area contributed by atoms with Gasteiger partial charge in [-0.25, -0.2) is 18.7 Å². The number of halogens is 5. The largest absolute Gasteiger partial charge is 0.416 e. The first kappa shape index (κ1) is 32.0. The van der Waals surface area contributed by atoms with Crippen molar-refractivity contribution in [2.75, 3.05) is 56.7 Å². The van der Waals surface area contributed by atoms with Crippen molar-refractivity contribution in [3.05, 3.63) is 70.9 Å². The molecule has 0 unspecified atom stereocenters. The third-order valence-corrected chi connectivity index (χ3v) is 8.09. The molecule has 1 saturated heterocycles. The number of nitrogens with zero attached hydrogens (tertiary/aromatic N) is 6. The molecule has 2 aromatic carbocycles. The fraction of sp³-hybridized carbons (Fsp3) is 0.333. The maximum absolute atomic E-state index is 14.2. The van der Waals surface area contributed by atoms with Crippen LogP contribution in [0.15, 0.2) is 48.8 Å².